The Hall–Kier alpha value is -2.03. The number of alkyl halides is 3. The van der Waals surface area contributed by atoms with Crippen LogP contribution in [0.15, 0.2) is 40.1 Å². The number of carbonyl (C=O) groups is 2. The fourth-order valence-corrected chi connectivity index (χ4v) is 2.46. The molecule has 124 valence electrons. The number of esters is 2. The highest BCUT2D eigenvalue weighted by atomic mass is 79.9. The second kappa shape index (κ2) is 5.88. The highest BCUT2D eigenvalue weighted by molar-refractivity contribution is 9.10. The molecule has 1 atom stereocenters. The molecule has 5 nitrogen and oxygen atoms in total. The molecule has 1 aromatic carbocycles. The highest BCUT2D eigenvalue weighted by Crippen LogP contribution is 2.56. The van der Waals surface area contributed by atoms with Crippen LogP contribution in [0, 0.1) is 0 Å². The number of carbonyl (C=O) groups excluding carboxylic acids is 2. The first-order valence-corrected chi connectivity index (χ1v) is 6.91. The fraction of sp³-hybridized carbons (Fsp3) is 0.286. The van der Waals surface area contributed by atoms with E-state index in [0.717, 1.165) is 26.4 Å². The molecule has 0 aromatic heterocycles. The van der Waals surface area contributed by atoms with Crippen LogP contribution in [0.25, 0.3) is 0 Å². The maximum absolute atomic E-state index is 13.7. The lowest BCUT2D eigenvalue weighted by Gasteiger charge is -2.44. The van der Waals surface area contributed by atoms with Crippen molar-refractivity contribution in [1.29, 1.82) is 0 Å². The highest BCUT2D eigenvalue weighted by Gasteiger charge is 2.71. The average Bonchev–Trinajstić information content (AvgIpc) is 2.46. The largest absolute Gasteiger partial charge is 0.465 e. The van der Waals surface area contributed by atoms with Gasteiger partial charge in [-0.3, -0.25) is 0 Å². The first kappa shape index (κ1) is 17.3. The lowest BCUT2D eigenvalue weighted by atomic mass is 9.80. The van der Waals surface area contributed by atoms with Crippen molar-refractivity contribution in [2.45, 2.75) is 11.8 Å². The van der Waals surface area contributed by atoms with E-state index in [1.807, 2.05) is 0 Å². The molecule has 0 bridgehead atoms. The topological polar surface area (TPSA) is 61.8 Å². The van der Waals surface area contributed by atoms with Crippen molar-refractivity contribution in [2.75, 3.05) is 14.2 Å². The zero-order chi connectivity index (χ0) is 17.4. The van der Waals surface area contributed by atoms with Gasteiger partial charge in [-0.2, -0.15) is 13.2 Å². The van der Waals surface area contributed by atoms with Crippen LogP contribution in [0.2, 0.25) is 0 Å². The van der Waals surface area contributed by atoms with Crippen molar-refractivity contribution in [3.05, 3.63) is 45.6 Å². The minimum atomic E-state index is -5.00. The van der Waals surface area contributed by atoms with Gasteiger partial charge < -0.3 is 14.2 Å². The van der Waals surface area contributed by atoms with Crippen molar-refractivity contribution in [1.82, 2.24) is 0 Å². The van der Waals surface area contributed by atoms with E-state index in [9.17, 15) is 22.8 Å². The van der Waals surface area contributed by atoms with Gasteiger partial charge in [0.25, 0.3) is 5.60 Å². The normalized spacial score (nSPS) is 20.4. The summed E-state index contributed by atoms with van der Waals surface area (Å²) in [7, 11) is 1.87. The van der Waals surface area contributed by atoms with Crippen LogP contribution in [-0.4, -0.2) is 32.3 Å². The molecule has 0 radical (unpaired) electrons. The zero-order valence-electron chi connectivity index (χ0n) is 11.9. The first-order valence-electron chi connectivity index (χ1n) is 6.12. The number of halogens is 4. The van der Waals surface area contributed by atoms with Gasteiger partial charge in [-0.05, 0) is 12.1 Å². The molecule has 0 saturated carbocycles. The number of ether oxygens (including phenoxy) is 3. The van der Waals surface area contributed by atoms with Gasteiger partial charge in [0.2, 0.25) is 5.76 Å². The Kier molecular flexibility index (Phi) is 4.43. The third kappa shape index (κ3) is 2.58. The molecule has 0 amide bonds. The molecule has 0 aliphatic carbocycles. The summed E-state index contributed by atoms with van der Waals surface area (Å²) < 4.78 is 55.1. The molecule has 0 fully saturated rings. The van der Waals surface area contributed by atoms with Gasteiger partial charge in [-0.15, -0.1) is 0 Å². The van der Waals surface area contributed by atoms with E-state index < -0.39 is 35.0 Å². The summed E-state index contributed by atoms with van der Waals surface area (Å²) in [6.07, 6.45) is -5.00. The average molecular weight is 395 g/mol. The Bertz CT molecular complexity index is 681. The molecular formula is C14H10BrF3O5. The molecule has 23 heavy (non-hydrogen) atoms. The maximum atomic E-state index is 13.7. The summed E-state index contributed by atoms with van der Waals surface area (Å²) in [5.41, 5.74) is -4.38. The van der Waals surface area contributed by atoms with Gasteiger partial charge in [-0.1, -0.05) is 28.1 Å². The Morgan fingerprint density at radius 2 is 1.61 bits per heavy atom. The van der Waals surface area contributed by atoms with Crippen molar-refractivity contribution in [2.24, 2.45) is 0 Å². The summed E-state index contributed by atoms with van der Waals surface area (Å²) in [5.74, 6) is -3.33. The summed E-state index contributed by atoms with van der Waals surface area (Å²) in [6, 6.07) is 4.98. The van der Waals surface area contributed by atoms with Crippen molar-refractivity contribution in [3.8, 4) is 0 Å². The van der Waals surface area contributed by atoms with Crippen molar-refractivity contribution < 1.29 is 37.0 Å². The van der Waals surface area contributed by atoms with E-state index >= 15 is 0 Å². The number of methoxy groups -OCH3 is 2. The van der Waals surface area contributed by atoms with E-state index in [4.69, 9.17) is 4.74 Å². The van der Waals surface area contributed by atoms with Crippen molar-refractivity contribution >= 4 is 27.9 Å². The SMILES string of the molecule is COC(=O)C1=C(C(=O)OC)C(c2ccc(Br)cc2)(C(F)(F)F)O1. The second-order valence-corrected chi connectivity index (χ2v) is 5.39. The van der Waals surface area contributed by atoms with E-state index in [0.29, 0.717) is 4.47 Å². The quantitative estimate of drug-likeness (QED) is 0.737. The predicted octanol–water partition coefficient (Wildman–Crippen LogP) is 2.84. The fourth-order valence-electron chi connectivity index (χ4n) is 2.19. The van der Waals surface area contributed by atoms with E-state index in [1.54, 1.807) is 0 Å². The van der Waals surface area contributed by atoms with Crippen LogP contribution in [0.4, 0.5) is 13.2 Å². The zero-order valence-corrected chi connectivity index (χ0v) is 13.4. The lowest BCUT2D eigenvalue weighted by molar-refractivity contribution is -0.278. The van der Waals surface area contributed by atoms with E-state index in [-0.39, 0.29) is 5.56 Å². The van der Waals surface area contributed by atoms with Gasteiger partial charge in [0.15, 0.2) is 0 Å². The van der Waals surface area contributed by atoms with Crippen LogP contribution in [0.5, 0.6) is 0 Å². The summed E-state index contributed by atoms with van der Waals surface area (Å²) >= 11 is 3.11. The smallest absolute Gasteiger partial charge is 0.437 e. The monoisotopic (exact) mass is 394 g/mol. The Morgan fingerprint density at radius 1 is 1.09 bits per heavy atom. The molecule has 0 spiro atoms. The molecule has 1 aromatic rings. The standard InChI is InChI=1S/C14H10BrF3O5/c1-21-11(19)9-10(12(20)22-2)23-13(9,14(16,17)18)7-3-5-8(15)6-4-7/h3-6H,1-2H3. The van der Waals surface area contributed by atoms with Crippen molar-refractivity contribution in [3.63, 3.8) is 0 Å². The second-order valence-electron chi connectivity index (χ2n) is 4.48. The summed E-state index contributed by atoms with van der Waals surface area (Å²) in [5, 5.41) is 0. The number of benzene rings is 1. The predicted molar refractivity (Wildman–Crippen MR) is 74.0 cm³/mol. The third-order valence-corrected chi connectivity index (χ3v) is 3.77. The van der Waals surface area contributed by atoms with E-state index in [2.05, 4.69) is 25.4 Å². The van der Waals surface area contributed by atoms with Gasteiger partial charge in [0.1, 0.15) is 5.57 Å². The van der Waals surface area contributed by atoms with Gasteiger partial charge in [-0.25, -0.2) is 9.59 Å². The minimum Gasteiger partial charge on any atom is -0.465 e. The van der Waals surface area contributed by atoms with Crippen LogP contribution in [-0.2, 0) is 29.4 Å². The number of rotatable bonds is 3. The molecule has 9 heteroatoms. The van der Waals surface area contributed by atoms with Gasteiger partial charge in [0, 0.05) is 10.0 Å². The Morgan fingerprint density at radius 3 is 2.04 bits per heavy atom. The lowest BCUT2D eigenvalue weighted by Crippen LogP contribution is -2.56. The Balaban J connectivity index is 2.70. The van der Waals surface area contributed by atoms with Crippen LogP contribution in [0.1, 0.15) is 5.56 Å². The minimum absolute atomic E-state index is 0.360. The molecule has 1 aliphatic rings. The first-order chi connectivity index (χ1) is 10.7. The molecule has 2 rings (SSSR count). The van der Waals surface area contributed by atoms with Gasteiger partial charge >= 0.3 is 18.1 Å². The molecule has 1 unspecified atom stereocenters. The molecular weight excluding hydrogens is 385 g/mol. The third-order valence-electron chi connectivity index (χ3n) is 3.24. The molecule has 1 aliphatic heterocycles. The van der Waals surface area contributed by atoms with Crippen LogP contribution < -0.4 is 0 Å². The summed E-state index contributed by atoms with van der Waals surface area (Å²) in [6.45, 7) is 0. The number of hydrogen-bond acceptors (Lipinski definition) is 5. The van der Waals surface area contributed by atoms with E-state index in [1.165, 1.54) is 12.1 Å². The Labute approximate surface area is 137 Å². The van der Waals surface area contributed by atoms with Gasteiger partial charge in [0.05, 0.1) is 14.2 Å². The van der Waals surface area contributed by atoms with Crippen LogP contribution >= 0.6 is 15.9 Å². The number of hydrogen-bond donors (Lipinski definition) is 0. The molecule has 1 heterocycles. The maximum Gasteiger partial charge on any atom is 0.437 e. The van der Waals surface area contributed by atoms with Crippen LogP contribution in [0.3, 0.4) is 0 Å². The molecule has 0 N–H and O–H groups in total. The summed E-state index contributed by atoms with van der Waals surface area (Å²) in [4.78, 5) is 23.4. The molecule has 0 saturated heterocycles.